The highest BCUT2D eigenvalue weighted by atomic mass is 79.9. The molecule has 9 heteroatoms. The minimum absolute atomic E-state index is 0.0598. The molecular weight excluding hydrogens is 459 g/mol. The molecular formula is C20H18BrFN4O2S. The Bertz CT molecular complexity index is 997. The van der Waals surface area contributed by atoms with Crippen molar-refractivity contribution in [1.29, 1.82) is 0 Å². The molecule has 0 radical (unpaired) electrons. The number of hydrogen-bond acceptors (Lipinski definition) is 5. The first kappa shape index (κ1) is 21.1. The Labute approximate surface area is 180 Å². The molecule has 0 unspecified atom stereocenters. The number of carbonyl (C=O) groups is 1. The summed E-state index contributed by atoms with van der Waals surface area (Å²) in [5.41, 5.74) is 0.128. The van der Waals surface area contributed by atoms with Gasteiger partial charge in [-0.1, -0.05) is 52.0 Å². The Morgan fingerprint density at radius 3 is 2.79 bits per heavy atom. The van der Waals surface area contributed by atoms with Crippen molar-refractivity contribution in [1.82, 2.24) is 14.8 Å². The van der Waals surface area contributed by atoms with E-state index in [4.69, 9.17) is 4.74 Å². The van der Waals surface area contributed by atoms with E-state index in [0.29, 0.717) is 22.0 Å². The van der Waals surface area contributed by atoms with E-state index in [1.807, 2.05) is 34.9 Å². The quantitative estimate of drug-likeness (QED) is 0.358. The van der Waals surface area contributed by atoms with Crippen molar-refractivity contribution in [2.75, 3.05) is 11.1 Å². The van der Waals surface area contributed by atoms with E-state index < -0.39 is 5.82 Å². The maximum atomic E-state index is 13.9. The molecule has 3 aromatic rings. The molecule has 0 atom stereocenters. The van der Waals surface area contributed by atoms with E-state index in [-0.39, 0.29) is 24.0 Å². The Morgan fingerprint density at radius 1 is 1.28 bits per heavy atom. The van der Waals surface area contributed by atoms with Crippen LogP contribution in [0.4, 0.5) is 10.1 Å². The van der Waals surface area contributed by atoms with E-state index in [1.54, 1.807) is 12.1 Å². The van der Waals surface area contributed by atoms with Gasteiger partial charge >= 0.3 is 0 Å². The molecule has 3 rings (SSSR count). The zero-order valence-corrected chi connectivity index (χ0v) is 17.7. The first-order valence-electron chi connectivity index (χ1n) is 8.65. The number of rotatable bonds is 9. The van der Waals surface area contributed by atoms with Gasteiger partial charge in [-0.05, 0) is 30.3 Å². The Balaban J connectivity index is 1.61. The largest absolute Gasteiger partial charge is 0.486 e. The second kappa shape index (κ2) is 10.2. The van der Waals surface area contributed by atoms with Crippen LogP contribution in [0.3, 0.4) is 0 Å². The lowest BCUT2D eigenvalue weighted by Crippen LogP contribution is -2.16. The van der Waals surface area contributed by atoms with Gasteiger partial charge < -0.3 is 10.1 Å². The molecule has 1 amide bonds. The molecule has 2 aromatic carbocycles. The molecule has 0 aliphatic heterocycles. The number of aromatic nitrogens is 3. The van der Waals surface area contributed by atoms with Gasteiger partial charge in [0.15, 0.2) is 11.0 Å². The van der Waals surface area contributed by atoms with Crippen molar-refractivity contribution in [3.8, 4) is 5.75 Å². The third kappa shape index (κ3) is 5.91. The van der Waals surface area contributed by atoms with Gasteiger partial charge in [-0.3, -0.25) is 9.36 Å². The second-order valence-electron chi connectivity index (χ2n) is 5.86. The number of halogens is 2. The van der Waals surface area contributed by atoms with Crippen molar-refractivity contribution >= 4 is 39.3 Å². The Kier molecular flexibility index (Phi) is 7.42. The Hall–Kier alpha value is -2.65. The number of para-hydroxylation sites is 1. The zero-order chi connectivity index (χ0) is 20.6. The highest BCUT2D eigenvalue weighted by Crippen LogP contribution is 2.22. The summed E-state index contributed by atoms with van der Waals surface area (Å²) in [4.78, 5) is 12.2. The van der Waals surface area contributed by atoms with E-state index in [2.05, 4.69) is 38.0 Å². The predicted octanol–water partition coefficient (Wildman–Crippen LogP) is 4.68. The number of nitrogens with zero attached hydrogens (tertiary/aromatic N) is 3. The van der Waals surface area contributed by atoms with Crippen LogP contribution in [0.15, 0.2) is 70.8 Å². The van der Waals surface area contributed by atoms with Crippen molar-refractivity contribution in [3.63, 3.8) is 0 Å². The zero-order valence-electron chi connectivity index (χ0n) is 15.3. The molecule has 0 aliphatic rings. The number of ether oxygens (including phenoxy) is 1. The van der Waals surface area contributed by atoms with Gasteiger partial charge in [0.1, 0.15) is 18.2 Å². The van der Waals surface area contributed by atoms with Crippen LogP contribution in [-0.4, -0.2) is 26.4 Å². The van der Waals surface area contributed by atoms with Crippen LogP contribution in [0.2, 0.25) is 0 Å². The highest BCUT2D eigenvalue weighted by Gasteiger charge is 2.15. The van der Waals surface area contributed by atoms with Crippen LogP contribution >= 0.6 is 27.7 Å². The van der Waals surface area contributed by atoms with Crippen LogP contribution in [0.5, 0.6) is 5.75 Å². The van der Waals surface area contributed by atoms with E-state index in [1.165, 1.54) is 23.9 Å². The second-order valence-corrected chi connectivity index (χ2v) is 7.72. The van der Waals surface area contributed by atoms with Gasteiger partial charge in [-0.15, -0.1) is 16.8 Å². The number of benzene rings is 2. The summed E-state index contributed by atoms with van der Waals surface area (Å²) in [6, 6.07) is 13.9. The molecule has 1 aromatic heterocycles. The minimum atomic E-state index is -0.507. The number of hydrogen-bond donors (Lipinski definition) is 1. The summed E-state index contributed by atoms with van der Waals surface area (Å²) in [5.74, 6) is 0.561. The van der Waals surface area contributed by atoms with Crippen LogP contribution < -0.4 is 10.1 Å². The predicted molar refractivity (Wildman–Crippen MR) is 114 cm³/mol. The Morgan fingerprint density at radius 2 is 2.07 bits per heavy atom. The number of allylic oxidation sites excluding steroid dienone is 1. The maximum absolute atomic E-state index is 13.9. The average Bonchev–Trinajstić information content (AvgIpc) is 3.10. The van der Waals surface area contributed by atoms with E-state index in [0.717, 1.165) is 5.75 Å². The summed E-state index contributed by atoms with van der Waals surface area (Å²) in [5, 5.41) is 11.4. The number of carbonyl (C=O) groups excluding carboxylic acids is 1. The van der Waals surface area contributed by atoms with Gasteiger partial charge in [-0.2, -0.15) is 0 Å². The summed E-state index contributed by atoms with van der Waals surface area (Å²) in [7, 11) is 0. The summed E-state index contributed by atoms with van der Waals surface area (Å²) in [6.07, 6.45) is 1.72. The van der Waals surface area contributed by atoms with E-state index >= 15 is 0 Å². The molecule has 0 aliphatic carbocycles. The van der Waals surface area contributed by atoms with Crippen molar-refractivity contribution in [3.05, 3.63) is 77.3 Å². The normalized spacial score (nSPS) is 10.6. The first-order valence-corrected chi connectivity index (χ1v) is 10.4. The van der Waals surface area contributed by atoms with E-state index in [9.17, 15) is 9.18 Å². The fourth-order valence-corrected chi connectivity index (χ4v) is 3.52. The molecule has 150 valence electrons. The molecule has 0 saturated carbocycles. The lowest BCUT2D eigenvalue weighted by atomic mass is 10.3. The number of thioether (sulfide) groups is 1. The molecule has 1 N–H and O–H groups in total. The van der Waals surface area contributed by atoms with Gasteiger partial charge in [0.05, 0.1) is 11.4 Å². The van der Waals surface area contributed by atoms with Crippen LogP contribution in [0.25, 0.3) is 0 Å². The lowest BCUT2D eigenvalue weighted by molar-refractivity contribution is -0.113. The summed E-state index contributed by atoms with van der Waals surface area (Å²) >= 11 is 4.39. The number of nitrogens with one attached hydrogen (secondary N) is 1. The molecule has 0 fully saturated rings. The monoisotopic (exact) mass is 476 g/mol. The topological polar surface area (TPSA) is 69.0 Å². The molecule has 6 nitrogen and oxygen atoms in total. The first-order chi connectivity index (χ1) is 14.1. The summed E-state index contributed by atoms with van der Waals surface area (Å²) in [6.45, 7) is 4.47. The highest BCUT2D eigenvalue weighted by molar-refractivity contribution is 9.10. The molecule has 29 heavy (non-hydrogen) atoms. The van der Waals surface area contributed by atoms with Gasteiger partial charge in [0.2, 0.25) is 5.91 Å². The van der Waals surface area contributed by atoms with Crippen LogP contribution in [-0.2, 0) is 17.9 Å². The van der Waals surface area contributed by atoms with Crippen molar-refractivity contribution < 1.29 is 13.9 Å². The van der Waals surface area contributed by atoms with Gasteiger partial charge in [0.25, 0.3) is 0 Å². The fraction of sp³-hybridized carbons (Fsp3) is 0.150. The van der Waals surface area contributed by atoms with Crippen LogP contribution in [0, 0.1) is 5.82 Å². The fourth-order valence-electron chi connectivity index (χ4n) is 2.42. The maximum Gasteiger partial charge on any atom is 0.234 e. The van der Waals surface area contributed by atoms with Crippen molar-refractivity contribution in [2.45, 2.75) is 18.3 Å². The number of amides is 1. The SMILES string of the molecule is C=CCn1c(COc2ccccc2)nnc1SCC(=O)Nc1ccc(Br)cc1F. The third-order valence-electron chi connectivity index (χ3n) is 3.75. The molecule has 1 heterocycles. The lowest BCUT2D eigenvalue weighted by Gasteiger charge is -2.09. The summed E-state index contributed by atoms with van der Waals surface area (Å²) < 4.78 is 22.0. The molecule has 0 bridgehead atoms. The van der Waals surface area contributed by atoms with Crippen molar-refractivity contribution in [2.24, 2.45) is 0 Å². The molecule has 0 spiro atoms. The minimum Gasteiger partial charge on any atom is -0.486 e. The van der Waals surface area contributed by atoms with Gasteiger partial charge in [-0.25, -0.2) is 4.39 Å². The number of anilines is 1. The molecule has 0 saturated heterocycles. The standard InChI is InChI=1S/C20H18BrFN4O2S/c1-2-10-26-18(12-28-15-6-4-3-5-7-15)24-25-20(26)29-13-19(27)23-17-9-8-14(21)11-16(17)22/h2-9,11H,1,10,12-13H2,(H,23,27). The smallest absolute Gasteiger partial charge is 0.234 e. The van der Waals surface area contributed by atoms with Gasteiger partial charge in [0, 0.05) is 11.0 Å². The third-order valence-corrected chi connectivity index (χ3v) is 5.21. The average molecular weight is 477 g/mol. The van der Waals surface area contributed by atoms with Crippen LogP contribution in [0.1, 0.15) is 5.82 Å².